The van der Waals surface area contributed by atoms with Gasteiger partial charge in [0.25, 0.3) is 0 Å². The number of nitrogens with zero attached hydrogens (tertiary/aromatic N) is 3. The van der Waals surface area contributed by atoms with Gasteiger partial charge < -0.3 is 9.84 Å². The minimum absolute atomic E-state index is 0.0343. The lowest BCUT2D eigenvalue weighted by Crippen LogP contribution is -2.63. The minimum atomic E-state index is -0.872. The Hall–Kier alpha value is -2.18. The molecule has 1 saturated heterocycles. The minimum Gasteiger partial charge on any atom is -0.479 e. The highest BCUT2D eigenvalue weighted by molar-refractivity contribution is 5.72. The van der Waals surface area contributed by atoms with Crippen LogP contribution in [0, 0.1) is 0 Å². The number of hydrogen-bond acceptors (Lipinski definition) is 4. The first kappa shape index (κ1) is 15.4. The Bertz CT molecular complexity index is 708. The number of aliphatic carboxylic acids is 1. The molecule has 2 fully saturated rings. The molecular formula is C18H21N3O3. The normalized spacial score (nSPS) is 23.1. The Kier molecular flexibility index (Phi) is 3.86. The van der Waals surface area contributed by atoms with Crippen LogP contribution in [0.5, 0.6) is 0 Å². The van der Waals surface area contributed by atoms with Gasteiger partial charge in [-0.15, -0.1) is 0 Å². The van der Waals surface area contributed by atoms with E-state index in [0.717, 1.165) is 25.1 Å². The summed E-state index contributed by atoms with van der Waals surface area (Å²) in [6.45, 7) is 1.73. The fourth-order valence-electron chi connectivity index (χ4n) is 3.62. The SMILES string of the molecule is O=C(O)C1CN(Cc2ccc(-n3cccn3)cc2)C2(CCC2)CO1. The molecule has 6 nitrogen and oxygen atoms in total. The molecule has 6 heteroatoms. The summed E-state index contributed by atoms with van der Waals surface area (Å²) in [6.07, 6.45) is 6.32. The first-order valence-electron chi connectivity index (χ1n) is 8.35. The summed E-state index contributed by atoms with van der Waals surface area (Å²) in [7, 11) is 0. The molecule has 1 aromatic carbocycles. The van der Waals surface area contributed by atoms with Crippen LogP contribution in [0.4, 0.5) is 0 Å². The van der Waals surface area contributed by atoms with Crippen LogP contribution in [-0.2, 0) is 16.1 Å². The third-order valence-corrected chi connectivity index (χ3v) is 5.25. The molecule has 1 aliphatic carbocycles. The van der Waals surface area contributed by atoms with Crippen LogP contribution in [0.15, 0.2) is 42.7 Å². The van der Waals surface area contributed by atoms with Crippen molar-refractivity contribution in [2.75, 3.05) is 13.2 Å². The number of benzene rings is 1. The molecule has 0 bridgehead atoms. The van der Waals surface area contributed by atoms with Gasteiger partial charge in [-0.3, -0.25) is 4.90 Å². The van der Waals surface area contributed by atoms with Gasteiger partial charge in [0.15, 0.2) is 6.10 Å². The molecule has 4 rings (SSSR count). The molecule has 0 radical (unpaired) electrons. The lowest BCUT2D eigenvalue weighted by Gasteiger charge is -2.54. The standard InChI is InChI=1S/C18H21N3O3/c22-17(23)16-12-20(18(13-24-16)7-1-8-18)11-14-3-5-15(6-4-14)21-10-2-9-19-21/h2-6,9-10,16H,1,7-8,11-13H2,(H,22,23). The van der Waals surface area contributed by atoms with Crippen molar-refractivity contribution in [3.63, 3.8) is 0 Å². The number of ether oxygens (including phenoxy) is 1. The average Bonchev–Trinajstić information content (AvgIpc) is 3.08. The maximum absolute atomic E-state index is 11.3. The summed E-state index contributed by atoms with van der Waals surface area (Å²) in [5, 5.41) is 13.5. The predicted octanol–water partition coefficient (Wildman–Crippen LogP) is 2.08. The first-order chi connectivity index (χ1) is 11.7. The van der Waals surface area contributed by atoms with Crippen LogP contribution in [0.3, 0.4) is 0 Å². The summed E-state index contributed by atoms with van der Waals surface area (Å²) < 4.78 is 7.41. The average molecular weight is 327 g/mol. The summed E-state index contributed by atoms with van der Waals surface area (Å²) in [4.78, 5) is 13.6. The number of carbonyl (C=O) groups is 1. The third-order valence-electron chi connectivity index (χ3n) is 5.25. The Morgan fingerprint density at radius 2 is 2.12 bits per heavy atom. The number of aromatic nitrogens is 2. The molecule has 2 aromatic rings. The number of rotatable bonds is 4. The number of morpholine rings is 1. The first-order valence-corrected chi connectivity index (χ1v) is 8.35. The van der Waals surface area contributed by atoms with E-state index in [0.29, 0.717) is 13.2 Å². The highest BCUT2D eigenvalue weighted by Gasteiger charge is 2.48. The summed E-state index contributed by atoms with van der Waals surface area (Å²) in [5.41, 5.74) is 2.24. The van der Waals surface area contributed by atoms with Gasteiger partial charge >= 0.3 is 5.97 Å². The molecule has 1 N–H and O–H groups in total. The molecule has 2 heterocycles. The number of hydrogen-bond donors (Lipinski definition) is 1. The van der Waals surface area contributed by atoms with Gasteiger partial charge in [0.05, 0.1) is 12.3 Å². The van der Waals surface area contributed by atoms with E-state index in [4.69, 9.17) is 4.74 Å². The van der Waals surface area contributed by atoms with Gasteiger partial charge in [-0.25, -0.2) is 9.48 Å². The van der Waals surface area contributed by atoms with Crippen molar-refractivity contribution in [1.29, 1.82) is 0 Å². The van der Waals surface area contributed by atoms with Gasteiger partial charge in [-0.05, 0) is 43.0 Å². The van der Waals surface area contributed by atoms with Crippen molar-refractivity contribution in [3.8, 4) is 5.69 Å². The van der Waals surface area contributed by atoms with E-state index in [1.165, 1.54) is 12.0 Å². The van der Waals surface area contributed by atoms with E-state index >= 15 is 0 Å². The van der Waals surface area contributed by atoms with Crippen molar-refractivity contribution < 1.29 is 14.6 Å². The second-order valence-corrected chi connectivity index (χ2v) is 6.71. The summed E-state index contributed by atoms with van der Waals surface area (Å²) >= 11 is 0. The van der Waals surface area contributed by atoms with E-state index < -0.39 is 12.1 Å². The van der Waals surface area contributed by atoms with E-state index in [1.54, 1.807) is 6.20 Å². The molecule has 0 amide bonds. The van der Waals surface area contributed by atoms with Gasteiger partial charge in [0, 0.05) is 31.0 Å². The molecule has 1 spiro atoms. The van der Waals surface area contributed by atoms with Crippen LogP contribution in [0.2, 0.25) is 0 Å². The third kappa shape index (κ3) is 2.72. The highest BCUT2D eigenvalue weighted by Crippen LogP contribution is 2.41. The van der Waals surface area contributed by atoms with Crippen molar-refractivity contribution in [3.05, 3.63) is 48.3 Å². The molecular weight excluding hydrogens is 306 g/mol. The van der Waals surface area contributed by atoms with Gasteiger partial charge in [-0.2, -0.15) is 5.10 Å². The topological polar surface area (TPSA) is 67.6 Å². The molecule has 24 heavy (non-hydrogen) atoms. The van der Waals surface area contributed by atoms with Crippen LogP contribution >= 0.6 is 0 Å². The van der Waals surface area contributed by atoms with Crippen LogP contribution in [0.1, 0.15) is 24.8 Å². The molecule has 2 aliphatic rings. The molecule has 1 unspecified atom stereocenters. The van der Waals surface area contributed by atoms with Crippen molar-refractivity contribution >= 4 is 5.97 Å². The zero-order chi connectivity index (χ0) is 16.6. The summed E-state index contributed by atoms with van der Waals surface area (Å²) in [6, 6.07) is 10.2. The lowest BCUT2D eigenvalue weighted by molar-refractivity contribution is -0.178. The van der Waals surface area contributed by atoms with Crippen LogP contribution < -0.4 is 0 Å². The van der Waals surface area contributed by atoms with Gasteiger partial charge in [0.2, 0.25) is 0 Å². The van der Waals surface area contributed by atoms with E-state index in [9.17, 15) is 9.90 Å². The van der Waals surface area contributed by atoms with E-state index in [2.05, 4.69) is 22.1 Å². The van der Waals surface area contributed by atoms with Crippen molar-refractivity contribution in [2.24, 2.45) is 0 Å². The van der Waals surface area contributed by atoms with Gasteiger partial charge in [0.1, 0.15) is 0 Å². The molecule has 1 atom stereocenters. The van der Waals surface area contributed by atoms with Crippen molar-refractivity contribution in [2.45, 2.75) is 37.5 Å². The molecule has 1 aromatic heterocycles. The Balaban J connectivity index is 1.50. The van der Waals surface area contributed by atoms with Crippen molar-refractivity contribution in [1.82, 2.24) is 14.7 Å². The fourth-order valence-corrected chi connectivity index (χ4v) is 3.62. The van der Waals surface area contributed by atoms with E-state index in [1.807, 2.05) is 29.1 Å². The quantitative estimate of drug-likeness (QED) is 0.931. The number of carboxylic acid groups (broad SMARTS) is 1. The fraction of sp³-hybridized carbons (Fsp3) is 0.444. The Morgan fingerprint density at radius 3 is 2.71 bits per heavy atom. The monoisotopic (exact) mass is 327 g/mol. The van der Waals surface area contributed by atoms with E-state index in [-0.39, 0.29) is 5.54 Å². The number of carboxylic acids is 1. The lowest BCUT2D eigenvalue weighted by atomic mass is 9.74. The van der Waals surface area contributed by atoms with Gasteiger partial charge in [-0.1, -0.05) is 12.1 Å². The highest BCUT2D eigenvalue weighted by atomic mass is 16.5. The maximum atomic E-state index is 11.3. The zero-order valence-corrected chi connectivity index (χ0v) is 13.5. The summed E-state index contributed by atoms with van der Waals surface area (Å²) in [5.74, 6) is -0.872. The smallest absolute Gasteiger partial charge is 0.334 e. The zero-order valence-electron chi connectivity index (χ0n) is 13.5. The Labute approximate surface area is 140 Å². The van der Waals surface area contributed by atoms with Crippen LogP contribution in [-0.4, -0.2) is 50.6 Å². The molecule has 1 saturated carbocycles. The molecule has 1 aliphatic heterocycles. The Morgan fingerprint density at radius 1 is 1.33 bits per heavy atom. The second-order valence-electron chi connectivity index (χ2n) is 6.71. The van der Waals surface area contributed by atoms with Crippen LogP contribution in [0.25, 0.3) is 5.69 Å². The maximum Gasteiger partial charge on any atom is 0.334 e. The predicted molar refractivity (Wildman–Crippen MR) is 87.9 cm³/mol. The molecule has 126 valence electrons. The largest absolute Gasteiger partial charge is 0.479 e. The second kappa shape index (κ2) is 6.03.